The lowest BCUT2D eigenvalue weighted by Crippen LogP contribution is -2.30. The van der Waals surface area contributed by atoms with E-state index >= 15 is 0 Å². The number of benzene rings is 1. The maximum absolute atomic E-state index is 11.7. The molecule has 1 aromatic rings. The highest BCUT2D eigenvalue weighted by Gasteiger charge is 2.10. The Bertz CT molecular complexity index is 425. The molecule has 1 fully saturated rings. The maximum Gasteiger partial charge on any atom is 0.257 e. The number of hydrogen-bond acceptors (Lipinski definition) is 3. The molecule has 0 atom stereocenters. The number of rotatable bonds is 8. The van der Waals surface area contributed by atoms with Gasteiger partial charge in [0.05, 0.1) is 0 Å². The average molecular weight is 290 g/mol. The van der Waals surface area contributed by atoms with Gasteiger partial charge in [0.25, 0.3) is 5.91 Å². The number of unbranched alkanes of at least 4 members (excludes halogenated alkanes) is 1. The van der Waals surface area contributed by atoms with Crippen LogP contribution >= 0.6 is 0 Å². The Morgan fingerprint density at radius 2 is 1.90 bits per heavy atom. The van der Waals surface area contributed by atoms with Crippen LogP contribution in [0.1, 0.15) is 31.2 Å². The lowest BCUT2D eigenvalue weighted by molar-refractivity contribution is -0.123. The van der Waals surface area contributed by atoms with E-state index in [-0.39, 0.29) is 12.5 Å². The van der Waals surface area contributed by atoms with Crippen molar-refractivity contribution in [3.63, 3.8) is 0 Å². The molecule has 1 amide bonds. The van der Waals surface area contributed by atoms with Crippen LogP contribution in [0.3, 0.4) is 0 Å². The van der Waals surface area contributed by atoms with Gasteiger partial charge in [-0.3, -0.25) is 4.79 Å². The quantitative estimate of drug-likeness (QED) is 0.747. The number of likely N-dealkylation sites (tertiary alicyclic amines) is 1. The molecule has 1 aliphatic rings. The number of nitrogens with zero attached hydrogens (tertiary/aromatic N) is 1. The second kappa shape index (κ2) is 8.67. The molecule has 21 heavy (non-hydrogen) atoms. The predicted octanol–water partition coefficient (Wildman–Crippen LogP) is 2.37. The highest BCUT2D eigenvalue weighted by atomic mass is 16.5. The monoisotopic (exact) mass is 290 g/mol. The molecule has 1 aliphatic heterocycles. The molecule has 1 aromatic carbocycles. The summed E-state index contributed by atoms with van der Waals surface area (Å²) in [6.45, 7) is 6.51. The zero-order chi connectivity index (χ0) is 14.9. The van der Waals surface area contributed by atoms with E-state index in [2.05, 4.69) is 10.2 Å². The third-order valence-electron chi connectivity index (χ3n) is 3.81. The molecule has 0 saturated carbocycles. The second-order valence-electron chi connectivity index (χ2n) is 5.71. The fraction of sp³-hybridized carbons (Fsp3) is 0.588. The van der Waals surface area contributed by atoms with Gasteiger partial charge in [0.1, 0.15) is 5.75 Å². The first-order chi connectivity index (χ1) is 10.2. The minimum absolute atomic E-state index is 0.0447. The number of carbonyl (C=O) groups excluding carboxylic acids is 1. The molecular weight excluding hydrogens is 264 g/mol. The summed E-state index contributed by atoms with van der Waals surface area (Å²) in [6.07, 6.45) is 4.87. The summed E-state index contributed by atoms with van der Waals surface area (Å²) in [4.78, 5) is 14.2. The van der Waals surface area contributed by atoms with Crippen LogP contribution in [0.15, 0.2) is 24.3 Å². The van der Waals surface area contributed by atoms with Crippen molar-refractivity contribution in [2.24, 2.45) is 0 Å². The molecular formula is C17H26N2O2. The Hall–Kier alpha value is -1.55. The van der Waals surface area contributed by atoms with Crippen LogP contribution in [0, 0.1) is 6.92 Å². The van der Waals surface area contributed by atoms with Gasteiger partial charge < -0.3 is 15.0 Å². The first-order valence-corrected chi connectivity index (χ1v) is 7.92. The van der Waals surface area contributed by atoms with Crippen LogP contribution in [0.4, 0.5) is 0 Å². The van der Waals surface area contributed by atoms with Crippen LogP contribution < -0.4 is 10.1 Å². The molecule has 0 aromatic heterocycles. The normalized spacial score (nSPS) is 15.1. The molecule has 0 spiro atoms. The van der Waals surface area contributed by atoms with Gasteiger partial charge in [0.15, 0.2) is 6.61 Å². The average Bonchev–Trinajstić information content (AvgIpc) is 2.99. The summed E-state index contributed by atoms with van der Waals surface area (Å²) in [5.74, 6) is 0.696. The number of ether oxygens (including phenoxy) is 1. The van der Waals surface area contributed by atoms with Crippen molar-refractivity contribution in [1.82, 2.24) is 10.2 Å². The summed E-state index contributed by atoms with van der Waals surface area (Å²) in [5, 5.41) is 2.91. The van der Waals surface area contributed by atoms with Crippen molar-refractivity contribution in [3.05, 3.63) is 29.8 Å². The Kier molecular flexibility index (Phi) is 6.54. The molecule has 1 saturated heterocycles. The zero-order valence-electron chi connectivity index (χ0n) is 12.9. The first-order valence-electron chi connectivity index (χ1n) is 7.92. The van der Waals surface area contributed by atoms with E-state index in [9.17, 15) is 4.79 Å². The highest BCUT2D eigenvalue weighted by Crippen LogP contribution is 2.11. The molecule has 0 unspecified atom stereocenters. The molecule has 0 aliphatic carbocycles. The molecule has 0 bridgehead atoms. The summed E-state index contributed by atoms with van der Waals surface area (Å²) >= 11 is 0. The van der Waals surface area contributed by atoms with Crippen molar-refractivity contribution in [2.75, 3.05) is 32.8 Å². The smallest absolute Gasteiger partial charge is 0.257 e. The molecule has 116 valence electrons. The third kappa shape index (κ3) is 6.17. The van der Waals surface area contributed by atoms with Crippen molar-refractivity contribution in [1.29, 1.82) is 0 Å². The van der Waals surface area contributed by atoms with Crippen LogP contribution in [0.25, 0.3) is 0 Å². The number of hydrogen-bond donors (Lipinski definition) is 1. The molecule has 4 nitrogen and oxygen atoms in total. The van der Waals surface area contributed by atoms with Crippen molar-refractivity contribution < 1.29 is 9.53 Å². The minimum atomic E-state index is -0.0447. The van der Waals surface area contributed by atoms with E-state index < -0.39 is 0 Å². The van der Waals surface area contributed by atoms with Gasteiger partial charge >= 0.3 is 0 Å². The Morgan fingerprint density at radius 1 is 1.19 bits per heavy atom. The summed E-state index contributed by atoms with van der Waals surface area (Å²) < 4.78 is 5.44. The van der Waals surface area contributed by atoms with Crippen molar-refractivity contribution in [3.8, 4) is 5.75 Å². The molecule has 1 heterocycles. The molecule has 1 N–H and O–H groups in total. The molecule has 0 radical (unpaired) electrons. The first kappa shape index (κ1) is 15.8. The zero-order valence-corrected chi connectivity index (χ0v) is 12.9. The van der Waals surface area contributed by atoms with E-state index in [1.165, 1.54) is 31.5 Å². The maximum atomic E-state index is 11.7. The summed E-state index contributed by atoms with van der Waals surface area (Å²) in [5.41, 5.74) is 1.19. The van der Waals surface area contributed by atoms with E-state index in [1.807, 2.05) is 31.2 Å². The van der Waals surface area contributed by atoms with Gasteiger partial charge in [-0.15, -0.1) is 0 Å². The fourth-order valence-corrected chi connectivity index (χ4v) is 2.53. The van der Waals surface area contributed by atoms with Crippen molar-refractivity contribution in [2.45, 2.75) is 32.6 Å². The Morgan fingerprint density at radius 3 is 2.62 bits per heavy atom. The van der Waals surface area contributed by atoms with E-state index in [4.69, 9.17) is 4.74 Å². The number of aryl methyl sites for hydroxylation is 1. The second-order valence-corrected chi connectivity index (χ2v) is 5.71. The lowest BCUT2D eigenvalue weighted by Gasteiger charge is -2.14. The van der Waals surface area contributed by atoms with E-state index in [0.29, 0.717) is 0 Å². The van der Waals surface area contributed by atoms with E-state index in [0.717, 1.165) is 31.7 Å². The van der Waals surface area contributed by atoms with Gasteiger partial charge in [-0.25, -0.2) is 0 Å². The van der Waals surface area contributed by atoms with Crippen molar-refractivity contribution >= 4 is 5.91 Å². The lowest BCUT2D eigenvalue weighted by atomic mass is 10.2. The van der Waals surface area contributed by atoms with Gasteiger partial charge in [0.2, 0.25) is 0 Å². The van der Waals surface area contributed by atoms with Gasteiger partial charge in [-0.1, -0.05) is 17.7 Å². The van der Waals surface area contributed by atoms with Crippen LogP contribution in [-0.2, 0) is 4.79 Å². The van der Waals surface area contributed by atoms with Gasteiger partial charge in [-0.05, 0) is 64.4 Å². The van der Waals surface area contributed by atoms with Crippen LogP contribution in [-0.4, -0.2) is 43.6 Å². The van der Waals surface area contributed by atoms with Crippen LogP contribution in [0.2, 0.25) is 0 Å². The predicted molar refractivity (Wildman–Crippen MR) is 84.6 cm³/mol. The van der Waals surface area contributed by atoms with Crippen LogP contribution in [0.5, 0.6) is 5.75 Å². The third-order valence-corrected chi connectivity index (χ3v) is 3.81. The standard InChI is InChI=1S/C17H26N2O2/c1-15-6-8-16(9-7-15)21-14-17(20)18-10-2-3-11-19-12-4-5-13-19/h6-9H,2-5,10-14H2,1H3,(H,18,20). The molecule has 4 heteroatoms. The highest BCUT2D eigenvalue weighted by molar-refractivity contribution is 5.77. The summed E-state index contributed by atoms with van der Waals surface area (Å²) in [6, 6.07) is 7.73. The number of carbonyl (C=O) groups is 1. The number of nitrogens with one attached hydrogen (secondary N) is 1. The Labute approximate surface area is 127 Å². The largest absolute Gasteiger partial charge is 0.484 e. The number of amides is 1. The Balaban J connectivity index is 1.50. The van der Waals surface area contributed by atoms with Gasteiger partial charge in [-0.2, -0.15) is 0 Å². The molecule has 2 rings (SSSR count). The SMILES string of the molecule is Cc1ccc(OCC(=O)NCCCCN2CCCC2)cc1. The fourth-order valence-electron chi connectivity index (χ4n) is 2.53. The van der Waals surface area contributed by atoms with E-state index in [1.54, 1.807) is 0 Å². The van der Waals surface area contributed by atoms with Gasteiger partial charge in [0, 0.05) is 6.54 Å². The topological polar surface area (TPSA) is 41.6 Å². The summed E-state index contributed by atoms with van der Waals surface area (Å²) in [7, 11) is 0. The minimum Gasteiger partial charge on any atom is -0.484 e.